The van der Waals surface area contributed by atoms with E-state index in [0.29, 0.717) is 4.90 Å². The van der Waals surface area contributed by atoms with Crippen LogP contribution >= 0.6 is 11.8 Å². The van der Waals surface area contributed by atoms with Gasteiger partial charge in [-0.2, -0.15) is 0 Å². The number of carboxylic acid groups (broad SMARTS) is 2. The van der Waals surface area contributed by atoms with Crippen molar-refractivity contribution in [2.75, 3.05) is 0 Å². The second kappa shape index (κ2) is 3.31. The summed E-state index contributed by atoms with van der Waals surface area (Å²) in [6, 6.07) is 0. The van der Waals surface area contributed by atoms with E-state index in [9.17, 15) is 9.59 Å². The monoisotopic (exact) mass is 187 g/mol. The molecule has 1 aliphatic rings. The van der Waals surface area contributed by atoms with Gasteiger partial charge in [-0.3, -0.25) is 0 Å². The minimum absolute atomic E-state index is 0.255. The van der Waals surface area contributed by atoms with Crippen LogP contribution in [0, 0.1) is 0 Å². The lowest BCUT2D eigenvalue weighted by Crippen LogP contribution is -2.28. The van der Waals surface area contributed by atoms with E-state index in [1.54, 1.807) is 0 Å². The summed E-state index contributed by atoms with van der Waals surface area (Å²) in [7, 11) is 0. The Hall–Kier alpha value is -1.43. The molecule has 0 spiro atoms. The number of hydrogen-bond acceptors (Lipinski definition) is 3. The van der Waals surface area contributed by atoms with Gasteiger partial charge >= 0.3 is 12.1 Å². The molecule has 5 nitrogen and oxygen atoms in total. The van der Waals surface area contributed by atoms with Gasteiger partial charge in [0.25, 0.3) is 0 Å². The molecule has 0 saturated carbocycles. The van der Waals surface area contributed by atoms with Crippen LogP contribution in [0.25, 0.3) is 0 Å². The Morgan fingerprint density at radius 1 is 1.42 bits per heavy atom. The molecule has 0 bridgehead atoms. The predicted octanol–water partition coefficient (Wildman–Crippen LogP) is 1.11. The fraction of sp³-hybridized carbons (Fsp3) is 0. The molecular weight excluding hydrogens is 182 g/mol. The third-order valence-corrected chi connectivity index (χ3v) is 1.79. The van der Waals surface area contributed by atoms with E-state index in [0.717, 1.165) is 11.8 Å². The molecule has 0 aromatic heterocycles. The van der Waals surface area contributed by atoms with Crippen molar-refractivity contribution in [2.45, 2.75) is 0 Å². The number of thioether (sulfide) groups is 1. The molecule has 0 unspecified atom stereocenters. The number of carboxylic acids is 1. The maximum atomic E-state index is 10.4. The highest BCUT2D eigenvalue weighted by Crippen LogP contribution is 2.19. The average molecular weight is 187 g/mol. The molecule has 12 heavy (non-hydrogen) atoms. The van der Waals surface area contributed by atoms with Crippen LogP contribution in [-0.4, -0.2) is 27.2 Å². The molecule has 1 amide bonds. The molecule has 64 valence electrons. The molecule has 0 radical (unpaired) electrons. The van der Waals surface area contributed by atoms with E-state index in [2.05, 4.69) is 0 Å². The van der Waals surface area contributed by atoms with Crippen LogP contribution in [0.3, 0.4) is 0 Å². The summed E-state index contributed by atoms with van der Waals surface area (Å²) in [6.07, 6.45) is -0.114. The van der Waals surface area contributed by atoms with E-state index >= 15 is 0 Å². The first kappa shape index (κ1) is 8.66. The van der Waals surface area contributed by atoms with Crippen LogP contribution in [0.15, 0.2) is 22.7 Å². The number of aliphatic carboxylic acids is 1. The van der Waals surface area contributed by atoms with Gasteiger partial charge in [0.2, 0.25) is 0 Å². The second-order valence-electron chi connectivity index (χ2n) is 1.88. The van der Waals surface area contributed by atoms with Crippen molar-refractivity contribution in [3.05, 3.63) is 22.7 Å². The van der Waals surface area contributed by atoms with Crippen molar-refractivity contribution < 1.29 is 19.8 Å². The van der Waals surface area contributed by atoms with Crippen molar-refractivity contribution in [2.24, 2.45) is 0 Å². The minimum Gasteiger partial charge on any atom is -0.477 e. The number of carbonyl (C=O) groups is 2. The van der Waals surface area contributed by atoms with Crippen LogP contribution in [-0.2, 0) is 4.79 Å². The molecule has 1 heterocycles. The van der Waals surface area contributed by atoms with Crippen molar-refractivity contribution in [3.8, 4) is 0 Å². The van der Waals surface area contributed by atoms with E-state index in [1.807, 2.05) is 0 Å². The second-order valence-corrected chi connectivity index (χ2v) is 2.66. The highest BCUT2D eigenvalue weighted by atomic mass is 32.2. The molecule has 1 rings (SSSR count). The van der Waals surface area contributed by atoms with Gasteiger partial charge in [-0.25, -0.2) is 14.5 Å². The van der Waals surface area contributed by atoms with Gasteiger partial charge in [0, 0.05) is 11.6 Å². The van der Waals surface area contributed by atoms with E-state index in [1.165, 1.54) is 17.0 Å². The normalized spacial score (nSPS) is 15.7. The molecule has 0 aliphatic carbocycles. The zero-order valence-electron chi connectivity index (χ0n) is 5.80. The Balaban J connectivity index is 2.90. The van der Waals surface area contributed by atoms with Gasteiger partial charge in [-0.1, -0.05) is 0 Å². The Bertz CT molecular complexity index is 283. The van der Waals surface area contributed by atoms with Crippen LogP contribution in [0.5, 0.6) is 0 Å². The van der Waals surface area contributed by atoms with Gasteiger partial charge in [-0.15, -0.1) is 11.8 Å². The third-order valence-electron chi connectivity index (χ3n) is 1.15. The summed E-state index contributed by atoms with van der Waals surface area (Å²) in [4.78, 5) is 21.5. The van der Waals surface area contributed by atoms with Crippen molar-refractivity contribution in [1.29, 1.82) is 0 Å². The topological polar surface area (TPSA) is 77.8 Å². The van der Waals surface area contributed by atoms with Crippen LogP contribution in [0.1, 0.15) is 0 Å². The molecule has 0 aromatic carbocycles. The SMILES string of the molecule is O=C(O)C1=CSC=CN1C(=O)O. The standard InChI is InChI=1S/C6H5NO4S/c8-5(9)4-3-12-2-1-7(4)6(10)11/h1-3H,(H,8,9)(H,10,11). The Labute approximate surface area is 72.0 Å². The van der Waals surface area contributed by atoms with Crippen LogP contribution < -0.4 is 0 Å². The summed E-state index contributed by atoms with van der Waals surface area (Å²) in [5.41, 5.74) is -0.255. The Morgan fingerprint density at radius 2 is 2.08 bits per heavy atom. The smallest absolute Gasteiger partial charge is 0.416 e. The van der Waals surface area contributed by atoms with E-state index < -0.39 is 12.1 Å². The first-order valence-electron chi connectivity index (χ1n) is 2.90. The number of amides is 1. The number of hydrogen-bond donors (Lipinski definition) is 2. The highest BCUT2D eigenvalue weighted by molar-refractivity contribution is 8.05. The minimum atomic E-state index is -1.31. The van der Waals surface area contributed by atoms with E-state index in [4.69, 9.17) is 10.2 Å². The molecule has 0 atom stereocenters. The molecule has 6 heteroatoms. The third kappa shape index (κ3) is 1.59. The molecule has 1 aliphatic heterocycles. The maximum absolute atomic E-state index is 10.4. The van der Waals surface area contributed by atoms with Gasteiger partial charge in [0.05, 0.1) is 0 Å². The number of nitrogens with zero attached hydrogens (tertiary/aromatic N) is 1. The van der Waals surface area contributed by atoms with Gasteiger partial charge in [0.15, 0.2) is 0 Å². The summed E-state index contributed by atoms with van der Waals surface area (Å²) in [6.45, 7) is 0. The quantitative estimate of drug-likeness (QED) is 0.642. The Morgan fingerprint density at radius 3 is 2.50 bits per heavy atom. The zero-order valence-corrected chi connectivity index (χ0v) is 6.61. The molecular formula is C6H5NO4S. The van der Waals surface area contributed by atoms with Gasteiger partial charge in [0.1, 0.15) is 5.70 Å². The van der Waals surface area contributed by atoms with Crippen LogP contribution in [0.2, 0.25) is 0 Å². The van der Waals surface area contributed by atoms with Gasteiger partial charge < -0.3 is 10.2 Å². The largest absolute Gasteiger partial charge is 0.477 e. The van der Waals surface area contributed by atoms with Crippen LogP contribution in [0.4, 0.5) is 4.79 Å². The van der Waals surface area contributed by atoms with Gasteiger partial charge in [-0.05, 0) is 5.41 Å². The van der Waals surface area contributed by atoms with Crippen molar-refractivity contribution in [3.63, 3.8) is 0 Å². The lowest BCUT2D eigenvalue weighted by molar-refractivity contribution is -0.133. The first-order valence-corrected chi connectivity index (χ1v) is 3.85. The summed E-state index contributed by atoms with van der Waals surface area (Å²) >= 11 is 1.12. The fourth-order valence-electron chi connectivity index (χ4n) is 0.657. The van der Waals surface area contributed by atoms with Crippen molar-refractivity contribution in [1.82, 2.24) is 4.90 Å². The Kier molecular flexibility index (Phi) is 2.39. The maximum Gasteiger partial charge on any atom is 0.416 e. The predicted molar refractivity (Wildman–Crippen MR) is 42.3 cm³/mol. The lowest BCUT2D eigenvalue weighted by Gasteiger charge is -2.16. The number of rotatable bonds is 1. The summed E-state index contributed by atoms with van der Waals surface area (Å²) in [5.74, 6) is -1.26. The zero-order chi connectivity index (χ0) is 9.14. The molecule has 0 saturated heterocycles. The summed E-state index contributed by atoms with van der Waals surface area (Å²) in [5, 5.41) is 19.8. The van der Waals surface area contributed by atoms with E-state index in [-0.39, 0.29) is 5.70 Å². The summed E-state index contributed by atoms with van der Waals surface area (Å²) < 4.78 is 0. The molecule has 0 fully saturated rings. The lowest BCUT2D eigenvalue weighted by atomic mass is 10.4. The molecule has 2 N–H and O–H groups in total. The molecule has 0 aromatic rings. The first-order chi connectivity index (χ1) is 5.63. The average Bonchev–Trinajstić information content (AvgIpc) is 2.04. The van der Waals surface area contributed by atoms with Crippen molar-refractivity contribution >= 4 is 23.8 Å². The highest BCUT2D eigenvalue weighted by Gasteiger charge is 2.21. The fourth-order valence-corrected chi connectivity index (χ4v) is 1.27.